The van der Waals surface area contributed by atoms with E-state index in [2.05, 4.69) is 54.7 Å². The molecule has 1 aromatic heterocycles. The molecular weight excluding hydrogens is 222 g/mol. The lowest BCUT2D eigenvalue weighted by atomic mass is 10.2. The summed E-state index contributed by atoms with van der Waals surface area (Å²) in [4.78, 5) is 6.89. The van der Waals surface area contributed by atoms with Crippen molar-refractivity contribution < 1.29 is 0 Å². The van der Waals surface area contributed by atoms with Crippen LogP contribution in [0.4, 0.5) is 5.82 Å². The maximum absolute atomic E-state index is 4.63. The minimum Gasteiger partial charge on any atom is -0.350 e. The fourth-order valence-electron chi connectivity index (χ4n) is 1.95. The second kappa shape index (κ2) is 7.17. The molecule has 18 heavy (non-hydrogen) atoms. The van der Waals surface area contributed by atoms with Gasteiger partial charge in [0.15, 0.2) is 0 Å². The van der Waals surface area contributed by atoms with Gasteiger partial charge in [-0.1, -0.05) is 13.0 Å². The Labute approximate surface area is 111 Å². The van der Waals surface area contributed by atoms with E-state index in [9.17, 15) is 0 Å². The molecule has 0 aliphatic carbocycles. The van der Waals surface area contributed by atoms with Crippen LogP contribution in [-0.2, 0) is 6.54 Å². The molecule has 3 nitrogen and oxygen atoms in total. The predicted molar refractivity (Wildman–Crippen MR) is 79.0 cm³/mol. The molecule has 1 rings (SSSR count). The van der Waals surface area contributed by atoms with Crippen LogP contribution in [0.25, 0.3) is 0 Å². The molecule has 0 radical (unpaired) electrons. The van der Waals surface area contributed by atoms with Crippen molar-refractivity contribution in [2.75, 3.05) is 18.0 Å². The van der Waals surface area contributed by atoms with E-state index in [1.165, 1.54) is 5.56 Å². The van der Waals surface area contributed by atoms with E-state index in [0.717, 1.165) is 31.1 Å². The third-order valence-electron chi connectivity index (χ3n) is 2.82. The number of rotatable bonds is 7. The van der Waals surface area contributed by atoms with Gasteiger partial charge in [-0.25, -0.2) is 4.98 Å². The normalized spacial score (nSPS) is 10.7. The van der Waals surface area contributed by atoms with Crippen LogP contribution < -0.4 is 10.2 Å². The molecule has 0 aliphatic rings. The summed E-state index contributed by atoms with van der Waals surface area (Å²) in [6.07, 6.45) is 1.92. The van der Waals surface area contributed by atoms with Gasteiger partial charge in [0.1, 0.15) is 5.82 Å². The van der Waals surface area contributed by atoms with E-state index in [1.54, 1.807) is 0 Å². The Morgan fingerprint density at radius 3 is 2.72 bits per heavy atom. The van der Waals surface area contributed by atoms with Crippen molar-refractivity contribution >= 4 is 5.82 Å². The van der Waals surface area contributed by atoms with Crippen LogP contribution in [0.1, 0.15) is 32.0 Å². The Bertz CT molecular complexity index is 385. The topological polar surface area (TPSA) is 28.2 Å². The third-order valence-corrected chi connectivity index (χ3v) is 2.82. The number of nitrogens with one attached hydrogen (secondary N) is 1. The van der Waals surface area contributed by atoms with E-state index in [4.69, 9.17) is 0 Å². The van der Waals surface area contributed by atoms with Crippen LogP contribution in [-0.4, -0.2) is 24.1 Å². The molecule has 0 aliphatic heterocycles. The molecule has 0 saturated carbocycles. The van der Waals surface area contributed by atoms with Crippen LogP contribution in [0.2, 0.25) is 0 Å². The number of aromatic nitrogens is 1. The number of pyridine rings is 1. The van der Waals surface area contributed by atoms with Crippen LogP contribution >= 0.6 is 0 Å². The van der Waals surface area contributed by atoms with Gasteiger partial charge in [-0.3, -0.25) is 0 Å². The molecule has 0 saturated heterocycles. The molecule has 0 aromatic carbocycles. The Kier molecular flexibility index (Phi) is 5.86. The average molecular weight is 247 g/mol. The summed E-state index contributed by atoms with van der Waals surface area (Å²) >= 11 is 0. The molecule has 0 atom stereocenters. The fourth-order valence-corrected chi connectivity index (χ4v) is 1.95. The van der Waals surface area contributed by atoms with Gasteiger partial charge in [0, 0.05) is 24.8 Å². The van der Waals surface area contributed by atoms with Gasteiger partial charge in [0.25, 0.3) is 0 Å². The molecule has 3 heteroatoms. The molecule has 0 bridgehead atoms. The average Bonchev–Trinajstić information content (AvgIpc) is 2.32. The number of hydrogen-bond acceptors (Lipinski definition) is 3. The fraction of sp³-hybridized carbons (Fsp3) is 0.533. The summed E-state index contributed by atoms with van der Waals surface area (Å²) in [5.74, 6) is 1.04. The Morgan fingerprint density at radius 1 is 1.44 bits per heavy atom. The number of nitrogens with zero attached hydrogens (tertiary/aromatic N) is 2. The number of aryl methyl sites for hydroxylation is 1. The molecule has 0 spiro atoms. The van der Waals surface area contributed by atoms with E-state index < -0.39 is 0 Å². The first-order valence-electron chi connectivity index (χ1n) is 6.64. The van der Waals surface area contributed by atoms with Crippen molar-refractivity contribution in [1.29, 1.82) is 0 Å². The van der Waals surface area contributed by atoms with E-state index in [-0.39, 0.29) is 0 Å². The molecule has 1 aromatic rings. The number of anilines is 1. The highest BCUT2D eigenvalue weighted by molar-refractivity contribution is 5.44. The Balaban J connectivity index is 2.98. The van der Waals surface area contributed by atoms with Crippen molar-refractivity contribution in [2.24, 2.45) is 0 Å². The Morgan fingerprint density at radius 2 is 2.17 bits per heavy atom. The van der Waals surface area contributed by atoms with Gasteiger partial charge in [0.05, 0.1) is 0 Å². The van der Waals surface area contributed by atoms with Crippen LogP contribution in [0.15, 0.2) is 24.8 Å². The first-order valence-corrected chi connectivity index (χ1v) is 6.64. The molecule has 0 unspecified atom stereocenters. The van der Waals surface area contributed by atoms with Crippen molar-refractivity contribution in [2.45, 2.75) is 40.3 Å². The molecular formula is C15H25N3. The van der Waals surface area contributed by atoms with Gasteiger partial charge in [-0.2, -0.15) is 0 Å². The van der Waals surface area contributed by atoms with E-state index >= 15 is 0 Å². The van der Waals surface area contributed by atoms with Crippen molar-refractivity contribution in [3.63, 3.8) is 0 Å². The second-order valence-electron chi connectivity index (χ2n) is 4.79. The molecule has 1 N–H and O–H groups in total. The highest BCUT2D eigenvalue weighted by Crippen LogP contribution is 2.17. The Hall–Kier alpha value is -1.35. The quantitative estimate of drug-likeness (QED) is 0.751. The molecule has 1 heterocycles. The minimum absolute atomic E-state index is 0.421. The molecule has 0 fully saturated rings. The predicted octanol–water partition coefficient (Wildman–Crippen LogP) is 2.90. The molecule has 100 valence electrons. The van der Waals surface area contributed by atoms with Gasteiger partial charge in [0.2, 0.25) is 0 Å². The minimum atomic E-state index is 0.421. The zero-order chi connectivity index (χ0) is 13.5. The first kappa shape index (κ1) is 14.7. The van der Waals surface area contributed by atoms with Crippen LogP contribution in [0.5, 0.6) is 0 Å². The lowest BCUT2D eigenvalue weighted by Gasteiger charge is -2.27. The summed E-state index contributed by atoms with van der Waals surface area (Å²) in [6.45, 7) is 15.0. The van der Waals surface area contributed by atoms with Crippen molar-refractivity contribution in [3.05, 3.63) is 36.0 Å². The summed E-state index contributed by atoms with van der Waals surface area (Å²) in [5.41, 5.74) is 2.35. The summed E-state index contributed by atoms with van der Waals surface area (Å²) in [7, 11) is 0. The largest absolute Gasteiger partial charge is 0.350 e. The van der Waals surface area contributed by atoms with E-state index in [1.807, 2.05) is 13.0 Å². The first-order chi connectivity index (χ1) is 8.58. The van der Waals surface area contributed by atoms with Crippen molar-refractivity contribution in [3.8, 4) is 0 Å². The van der Waals surface area contributed by atoms with E-state index in [0.29, 0.717) is 6.04 Å². The summed E-state index contributed by atoms with van der Waals surface area (Å²) in [6, 6.07) is 4.72. The lowest BCUT2D eigenvalue weighted by molar-refractivity contribution is 0.702. The standard InChI is InChI=1S/C15H25N3/c1-6-8-18(12(3)4)15-10-14(11-16-7-2)9-13(5)17-15/h6,9-10,12,16H,1,7-8,11H2,2-5H3. The maximum atomic E-state index is 4.63. The van der Waals surface area contributed by atoms with Crippen LogP contribution in [0.3, 0.4) is 0 Å². The summed E-state index contributed by atoms with van der Waals surface area (Å²) < 4.78 is 0. The van der Waals surface area contributed by atoms with Gasteiger partial charge in [-0.15, -0.1) is 6.58 Å². The van der Waals surface area contributed by atoms with Gasteiger partial charge in [-0.05, 0) is 45.0 Å². The van der Waals surface area contributed by atoms with Crippen molar-refractivity contribution in [1.82, 2.24) is 10.3 Å². The highest BCUT2D eigenvalue weighted by atomic mass is 15.2. The number of hydrogen-bond donors (Lipinski definition) is 1. The monoisotopic (exact) mass is 247 g/mol. The zero-order valence-electron chi connectivity index (χ0n) is 12.0. The third kappa shape index (κ3) is 4.15. The maximum Gasteiger partial charge on any atom is 0.129 e. The SMILES string of the molecule is C=CCN(c1cc(CNCC)cc(C)n1)C(C)C. The van der Waals surface area contributed by atoms with Gasteiger partial charge >= 0.3 is 0 Å². The second-order valence-corrected chi connectivity index (χ2v) is 4.79. The smallest absolute Gasteiger partial charge is 0.129 e. The van der Waals surface area contributed by atoms with Crippen LogP contribution in [0, 0.1) is 6.92 Å². The van der Waals surface area contributed by atoms with Gasteiger partial charge < -0.3 is 10.2 Å². The summed E-state index contributed by atoms with van der Waals surface area (Å²) in [5, 5.41) is 3.35. The highest BCUT2D eigenvalue weighted by Gasteiger charge is 2.11. The lowest BCUT2D eigenvalue weighted by Crippen LogP contribution is -2.31. The molecule has 0 amide bonds. The zero-order valence-corrected chi connectivity index (χ0v) is 12.0.